The summed E-state index contributed by atoms with van der Waals surface area (Å²) in [6.07, 6.45) is 0. The first-order valence-corrected chi connectivity index (χ1v) is 11.6. The fourth-order valence-corrected chi connectivity index (χ4v) is 5.00. The highest BCUT2D eigenvalue weighted by molar-refractivity contribution is 6.05. The Bertz CT molecular complexity index is 1540. The number of hydrogen-bond donors (Lipinski definition) is 2. The standard InChI is InChI=1S/C30H23N3O2/c34-26(31-21-13-5-2-6-14-21)19-33-29(22-15-7-8-16-23(22)30(33)35)27-24-17-9-10-18-25(24)32-28(27)20-11-3-1-4-12-20/h1-18,29,32H,19H2,(H,31,34). The number of aromatic amines is 1. The van der Waals surface area contributed by atoms with Crippen LogP contribution in [0.1, 0.15) is 27.5 Å². The van der Waals surface area contributed by atoms with Crippen LogP contribution in [-0.2, 0) is 4.79 Å². The molecular weight excluding hydrogens is 434 g/mol. The molecule has 5 heteroatoms. The summed E-state index contributed by atoms with van der Waals surface area (Å²) >= 11 is 0. The summed E-state index contributed by atoms with van der Waals surface area (Å²) in [5.74, 6) is -0.374. The van der Waals surface area contributed by atoms with Crippen LogP contribution in [0.5, 0.6) is 0 Å². The molecule has 0 spiro atoms. The van der Waals surface area contributed by atoms with Crippen LogP contribution in [0.15, 0.2) is 109 Å². The lowest BCUT2D eigenvalue weighted by Gasteiger charge is -2.26. The van der Waals surface area contributed by atoms with Gasteiger partial charge in [0.2, 0.25) is 5.91 Å². The van der Waals surface area contributed by atoms with Gasteiger partial charge in [0.25, 0.3) is 5.91 Å². The van der Waals surface area contributed by atoms with Crippen LogP contribution in [0.2, 0.25) is 0 Å². The van der Waals surface area contributed by atoms with Crippen LogP contribution in [0.4, 0.5) is 5.69 Å². The van der Waals surface area contributed by atoms with Gasteiger partial charge in [-0.3, -0.25) is 9.59 Å². The number of nitrogens with one attached hydrogen (secondary N) is 2. The van der Waals surface area contributed by atoms with Crippen molar-refractivity contribution >= 4 is 28.4 Å². The minimum Gasteiger partial charge on any atom is -0.354 e. The highest BCUT2D eigenvalue weighted by atomic mass is 16.2. The van der Waals surface area contributed by atoms with Crippen LogP contribution in [0, 0.1) is 0 Å². The topological polar surface area (TPSA) is 65.2 Å². The minimum absolute atomic E-state index is 0.0548. The van der Waals surface area contributed by atoms with Crippen molar-refractivity contribution in [1.82, 2.24) is 9.88 Å². The van der Waals surface area contributed by atoms with E-state index in [1.807, 2.05) is 91.0 Å². The molecule has 0 saturated heterocycles. The maximum atomic E-state index is 13.6. The summed E-state index contributed by atoms with van der Waals surface area (Å²) in [7, 11) is 0. The van der Waals surface area contributed by atoms with Crippen LogP contribution in [-0.4, -0.2) is 28.2 Å². The second kappa shape index (κ2) is 8.61. The lowest BCUT2D eigenvalue weighted by molar-refractivity contribution is -0.117. The van der Waals surface area contributed by atoms with Gasteiger partial charge in [0, 0.05) is 27.7 Å². The molecule has 2 heterocycles. The largest absolute Gasteiger partial charge is 0.354 e. The Morgan fingerprint density at radius 2 is 1.46 bits per heavy atom. The Labute approximate surface area is 203 Å². The van der Waals surface area contributed by atoms with E-state index in [2.05, 4.69) is 28.5 Å². The number of rotatable bonds is 5. The quantitative estimate of drug-likeness (QED) is 0.339. The van der Waals surface area contributed by atoms with Gasteiger partial charge in [0.15, 0.2) is 0 Å². The summed E-state index contributed by atoms with van der Waals surface area (Å²) in [4.78, 5) is 32.0. The van der Waals surface area contributed by atoms with E-state index < -0.39 is 6.04 Å². The number of carbonyl (C=O) groups is 2. The van der Waals surface area contributed by atoms with Gasteiger partial charge in [0.1, 0.15) is 6.54 Å². The Kier molecular flexibility index (Phi) is 5.15. The lowest BCUT2D eigenvalue weighted by atomic mass is 9.93. The molecule has 0 radical (unpaired) electrons. The van der Waals surface area contributed by atoms with Gasteiger partial charge in [-0.05, 0) is 35.4 Å². The van der Waals surface area contributed by atoms with E-state index in [1.165, 1.54) is 0 Å². The van der Waals surface area contributed by atoms with Gasteiger partial charge in [0.05, 0.1) is 11.7 Å². The van der Waals surface area contributed by atoms with Crippen LogP contribution < -0.4 is 5.32 Å². The Morgan fingerprint density at radius 1 is 0.800 bits per heavy atom. The van der Waals surface area contributed by atoms with E-state index in [0.29, 0.717) is 11.3 Å². The highest BCUT2D eigenvalue weighted by Gasteiger charge is 2.40. The van der Waals surface area contributed by atoms with Crippen molar-refractivity contribution in [3.05, 3.63) is 126 Å². The number of anilines is 1. The zero-order chi connectivity index (χ0) is 23.8. The molecule has 170 valence electrons. The van der Waals surface area contributed by atoms with Crippen LogP contribution >= 0.6 is 0 Å². The molecule has 4 aromatic carbocycles. The second-order valence-corrected chi connectivity index (χ2v) is 8.66. The molecule has 1 aliphatic heterocycles. The van der Waals surface area contributed by atoms with Crippen molar-refractivity contribution in [2.24, 2.45) is 0 Å². The molecule has 0 fully saturated rings. The normalized spacial score (nSPS) is 14.8. The number of carbonyl (C=O) groups excluding carboxylic acids is 2. The van der Waals surface area contributed by atoms with Crippen molar-refractivity contribution < 1.29 is 9.59 Å². The molecule has 1 aliphatic rings. The number of nitrogens with zero attached hydrogens (tertiary/aromatic N) is 1. The monoisotopic (exact) mass is 457 g/mol. The molecule has 2 N–H and O–H groups in total. The molecule has 6 rings (SSSR count). The molecule has 5 aromatic rings. The number of fused-ring (bicyclic) bond motifs is 2. The fraction of sp³-hybridized carbons (Fsp3) is 0.0667. The van der Waals surface area contributed by atoms with Crippen LogP contribution in [0.25, 0.3) is 22.2 Å². The van der Waals surface area contributed by atoms with Gasteiger partial charge < -0.3 is 15.2 Å². The van der Waals surface area contributed by atoms with Gasteiger partial charge in [-0.15, -0.1) is 0 Å². The number of amides is 2. The van der Waals surface area contributed by atoms with E-state index in [4.69, 9.17) is 0 Å². The van der Waals surface area contributed by atoms with E-state index in [1.54, 1.807) is 4.90 Å². The van der Waals surface area contributed by atoms with Gasteiger partial charge in [-0.1, -0.05) is 84.9 Å². The molecule has 5 nitrogen and oxygen atoms in total. The SMILES string of the molecule is O=C(CN1C(=O)c2ccccc2C1c1c(-c2ccccc2)[nH]c2ccccc12)Nc1ccccc1. The Morgan fingerprint density at radius 3 is 2.26 bits per heavy atom. The third-order valence-corrected chi connectivity index (χ3v) is 6.51. The molecule has 1 unspecified atom stereocenters. The van der Waals surface area contributed by atoms with Crippen molar-refractivity contribution in [1.29, 1.82) is 0 Å². The molecule has 0 aliphatic carbocycles. The predicted octanol–water partition coefficient (Wildman–Crippen LogP) is 6.02. The van der Waals surface area contributed by atoms with E-state index in [-0.39, 0.29) is 18.4 Å². The third kappa shape index (κ3) is 3.67. The van der Waals surface area contributed by atoms with Crippen molar-refractivity contribution in [3.63, 3.8) is 0 Å². The third-order valence-electron chi connectivity index (χ3n) is 6.51. The number of para-hydroxylation sites is 2. The molecule has 0 saturated carbocycles. The second-order valence-electron chi connectivity index (χ2n) is 8.66. The van der Waals surface area contributed by atoms with Crippen molar-refractivity contribution in [2.75, 3.05) is 11.9 Å². The summed E-state index contributed by atoms with van der Waals surface area (Å²) < 4.78 is 0. The highest BCUT2D eigenvalue weighted by Crippen LogP contribution is 2.45. The fourth-order valence-electron chi connectivity index (χ4n) is 5.00. The molecule has 1 atom stereocenters. The molecule has 0 bridgehead atoms. The number of benzene rings is 4. The average Bonchev–Trinajstić information content (AvgIpc) is 3.40. The first-order chi connectivity index (χ1) is 17.2. The molecule has 35 heavy (non-hydrogen) atoms. The lowest BCUT2D eigenvalue weighted by Crippen LogP contribution is -2.36. The molecular formula is C30H23N3O2. The minimum atomic E-state index is -0.397. The summed E-state index contributed by atoms with van der Waals surface area (Å²) in [6, 6.07) is 34.8. The van der Waals surface area contributed by atoms with Crippen molar-refractivity contribution in [2.45, 2.75) is 6.04 Å². The van der Waals surface area contributed by atoms with Gasteiger partial charge in [-0.25, -0.2) is 0 Å². The average molecular weight is 458 g/mol. The van der Waals surface area contributed by atoms with Gasteiger partial charge in [-0.2, -0.15) is 0 Å². The summed E-state index contributed by atoms with van der Waals surface area (Å²) in [5.41, 5.74) is 6.22. The smallest absolute Gasteiger partial charge is 0.255 e. The zero-order valence-corrected chi connectivity index (χ0v) is 18.9. The first-order valence-electron chi connectivity index (χ1n) is 11.6. The van der Waals surface area contributed by atoms with E-state index >= 15 is 0 Å². The number of aromatic nitrogens is 1. The summed E-state index contributed by atoms with van der Waals surface area (Å²) in [5, 5.41) is 3.96. The summed E-state index contributed by atoms with van der Waals surface area (Å²) in [6.45, 7) is -0.0548. The van der Waals surface area contributed by atoms with Gasteiger partial charge >= 0.3 is 0 Å². The first kappa shape index (κ1) is 20.9. The Balaban J connectivity index is 1.49. The number of H-pyrrole nitrogens is 1. The Hall–Kier alpha value is -4.64. The number of hydrogen-bond acceptors (Lipinski definition) is 2. The van der Waals surface area contributed by atoms with Crippen LogP contribution in [0.3, 0.4) is 0 Å². The molecule has 2 amide bonds. The molecule has 1 aromatic heterocycles. The predicted molar refractivity (Wildman–Crippen MR) is 138 cm³/mol. The zero-order valence-electron chi connectivity index (χ0n) is 18.9. The maximum Gasteiger partial charge on any atom is 0.255 e. The van der Waals surface area contributed by atoms with Crippen molar-refractivity contribution in [3.8, 4) is 11.3 Å². The maximum absolute atomic E-state index is 13.6. The van der Waals surface area contributed by atoms with E-state index in [0.717, 1.165) is 33.3 Å². The van der Waals surface area contributed by atoms with E-state index in [9.17, 15) is 9.59 Å².